The summed E-state index contributed by atoms with van der Waals surface area (Å²) in [6, 6.07) is 14.8. The number of benzene rings is 2. The van der Waals surface area contributed by atoms with E-state index >= 15 is 0 Å². The summed E-state index contributed by atoms with van der Waals surface area (Å²) in [4.78, 5) is 2.20. The van der Waals surface area contributed by atoms with Crippen LogP contribution in [0.1, 0.15) is 22.7 Å². The number of likely N-dealkylation sites (N-methyl/N-ethyl adjacent to an activating group) is 1. The molecule has 0 saturated carbocycles. The van der Waals surface area contributed by atoms with E-state index in [0.717, 1.165) is 42.5 Å². The smallest absolute Gasteiger partial charge is 0.122 e. The van der Waals surface area contributed by atoms with Crippen LogP contribution in [0, 0.1) is 0 Å². The summed E-state index contributed by atoms with van der Waals surface area (Å²) in [5, 5.41) is 4.38. The van der Waals surface area contributed by atoms with E-state index in [2.05, 4.69) is 48.6 Å². The summed E-state index contributed by atoms with van der Waals surface area (Å²) >= 11 is 6.35. The minimum atomic E-state index is 0.251. The maximum atomic E-state index is 6.35. The lowest BCUT2D eigenvalue weighted by Crippen LogP contribution is -2.31. The van der Waals surface area contributed by atoms with Crippen molar-refractivity contribution in [2.24, 2.45) is 0 Å². The molecule has 0 fully saturated rings. The van der Waals surface area contributed by atoms with Gasteiger partial charge < -0.3 is 15.0 Å². The van der Waals surface area contributed by atoms with Crippen molar-refractivity contribution < 1.29 is 4.74 Å². The van der Waals surface area contributed by atoms with Crippen molar-refractivity contribution in [3.05, 3.63) is 64.2 Å². The Kier molecular flexibility index (Phi) is 5.21. The van der Waals surface area contributed by atoms with Crippen LogP contribution in [-0.4, -0.2) is 32.1 Å². The van der Waals surface area contributed by atoms with Gasteiger partial charge in [-0.3, -0.25) is 0 Å². The zero-order chi connectivity index (χ0) is 16.2. The van der Waals surface area contributed by atoms with Crippen LogP contribution in [0.3, 0.4) is 0 Å². The lowest BCUT2D eigenvalue weighted by molar-refractivity contribution is 0.288. The number of nitrogens with zero attached hydrogens (tertiary/aromatic N) is 1. The molecule has 23 heavy (non-hydrogen) atoms. The maximum Gasteiger partial charge on any atom is 0.122 e. The first-order valence-electron chi connectivity index (χ1n) is 8.01. The quantitative estimate of drug-likeness (QED) is 0.874. The van der Waals surface area contributed by atoms with E-state index in [1.165, 1.54) is 11.1 Å². The minimum Gasteiger partial charge on any atom is -0.493 e. The van der Waals surface area contributed by atoms with Crippen molar-refractivity contribution in [1.82, 2.24) is 10.2 Å². The highest BCUT2D eigenvalue weighted by Gasteiger charge is 2.17. The average molecular weight is 331 g/mol. The molecule has 0 spiro atoms. The number of hydrogen-bond donors (Lipinski definition) is 1. The molecule has 1 atom stereocenters. The van der Waals surface area contributed by atoms with E-state index in [1.807, 2.05) is 18.2 Å². The number of hydrogen-bond acceptors (Lipinski definition) is 3. The standard InChI is InChI=1S/C19H23ClN2O/c1-22(2)18(16-5-3-4-6-17(16)20)13-21-12-14-7-8-19-15(11-14)9-10-23-19/h3-8,11,18,21H,9-10,12-13H2,1-2H3. The largest absolute Gasteiger partial charge is 0.493 e. The van der Waals surface area contributed by atoms with Gasteiger partial charge in [0.15, 0.2) is 0 Å². The molecular weight excluding hydrogens is 308 g/mol. The summed E-state index contributed by atoms with van der Waals surface area (Å²) in [6.45, 7) is 2.51. The molecule has 0 amide bonds. The van der Waals surface area contributed by atoms with Crippen LogP contribution in [0.2, 0.25) is 5.02 Å². The highest BCUT2D eigenvalue weighted by atomic mass is 35.5. The molecule has 0 radical (unpaired) electrons. The molecule has 4 heteroatoms. The summed E-state index contributed by atoms with van der Waals surface area (Å²) in [6.07, 6.45) is 1.02. The average Bonchev–Trinajstić information content (AvgIpc) is 3.00. The van der Waals surface area contributed by atoms with E-state index < -0.39 is 0 Å². The van der Waals surface area contributed by atoms with Gasteiger partial charge in [0.1, 0.15) is 5.75 Å². The van der Waals surface area contributed by atoms with Crippen molar-refractivity contribution in [3.63, 3.8) is 0 Å². The second-order valence-corrected chi connectivity index (χ2v) is 6.58. The van der Waals surface area contributed by atoms with Crippen molar-refractivity contribution >= 4 is 11.6 Å². The Hall–Kier alpha value is -1.55. The van der Waals surface area contributed by atoms with Crippen molar-refractivity contribution in [3.8, 4) is 5.75 Å². The lowest BCUT2D eigenvalue weighted by atomic mass is 10.1. The van der Waals surface area contributed by atoms with Crippen LogP contribution in [0.25, 0.3) is 0 Å². The Labute approximate surface area is 143 Å². The molecule has 3 nitrogen and oxygen atoms in total. The third kappa shape index (κ3) is 3.86. The molecule has 1 N–H and O–H groups in total. The Morgan fingerprint density at radius 3 is 2.83 bits per heavy atom. The molecule has 0 bridgehead atoms. The molecule has 1 unspecified atom stereocenters. The van der Waals surface area contributed by atoms with E-state index in [-0.39, 0.29) is 6.04 Å². The van der Waals surface area contributed by atoms with Gasteiger partial charge in [-0.25, -0.2) is 0 Å². The normalized spacial score (nSPS) is 14.6. The van der Waals surface area contributed by atoms with Crippen molar-refractivity contribution in [1.29, 1.82) is 0 Å². The number of rotatable bonds is 6. The van der Waals surface area contributed by atoms with E-state index in [9.17, 15) is 0 Å². The molecule has 1 aliphatic rings. The molecule has 122 valence electrons. The molecule has 2 aromatic rings. The molecule has 1 heterocycles. The van der Waals surface area contributed by atoms with Crippen molar-refractivity contribution in [2.45, 2.75) is 19.0 Å². The number of halogens is 1. The predicted molar refractivity (Wildman–Crippen MR) is 95.2 cm³/mol. The van der Waals surface area contributed by atoms with E-state index in [4.69, 9.17) is 16.3 Å². The fraction of sp³-hybridized carbons (Fsp3) is 0.368. The fourth-order valence-corrected chi connectivity index (χ4v) is 3.28. The molecule has 0 saturated heterocycles. The van der Waals surface area contributed by atoms with E-state index in [1.54, 1.807) is 0 Å². The summed E-state index contributed by atoms with van der Waals surface area (Å²) in [7, 11) is 4.17. The van der Waals surface area contributed by atoms with Gasteiger partial charge in [0, 0.05) is 30.6 Å². The SMILES string of the molecule is CN(C)C(CNCc1ccc2c(c1)CCO2)c1ccccc1Cl. The molecule has 2 aromatic carbocycles. The Balaban J connectivity index is 1.63. The van der Waals surface area contributed by atoms with Crippen molar-refractivity contribution in [2.75, 3.05) is 27.2 Å². The highest BCUT2D eigenvalue weighted by Crippen LogP contribution is 2.27. The van der Waals surface area contributed by atoms with Gasteiger partial charge in [0.25, 0.3) is 0 Å². The van der Waals surface area contributed by atoms with Gasteiger partial charge in [0.2, 0.25) is 0 Å². The van der Waals surface area contributed by atoms with Crippen LogP contribution in [0.4, 0.5) is 0 Å². The number of fused-ring (bicyclic) bond motifs is 1. The van der Waals surface area contributed by atoms with Crippen LogP contribution in [0.5, 0.6) is 5.75 Å². The van der Waals surface area contributed by atoms with Gasteiger partial charge >= 0.3 is 0 Å². The molecule has 3 rings (SSSR count). The monoisotopic (exact) mass is 330 g/mol. The summed E-state index contributed by atoms with van der Waals surface area (Å²) in [5.74, 6) is 1.04. The second-order valence-electron chi connectivity index (χ2n) is 6.17. The van der Waals surface area contributed by atoms with Gasteiger partial charge in [-0.05, 0) is 42.9 Å². The van der Waals surface area contributed by atoms with Gasteiger partial charge in [0.05, 0.1) is 6.61 Å². The highest BCUT2D eigenvalue weighted by molar-refractivity contribution is 6.31. The van der Waals surface area contributed by atoms with Gasteiger partial charge in [-0.2, -0.15) is 0 Å². The van der Waals surface area contributed by atoms with Crippen LogP contribution in [-0.2, 0) is 13.0 Å². The fourth-order valence-electron chi connectivity index (χ4n) is 3.02. The maximum absolute atomic E-state index is 6.35. The first kappa shape index (κ1) is 16.3. The van der Waals surface area contributed by atoms with Gasteiger partial charge in [-0.1, -0.05) is 41.9 Å². The Morgan fingerprint density at radius 1 is 1.22 bits per heavy atom. The molecule has 1 aliphatic heterocycles. The summed E-state index contributed by atoms with van der Waals surface area (Å²) in [5.41, 5.74) is 3.78. The third-order valence-electron chi connectivity index (χ3n) is 4.31. The lowest BCUT2D eigenvalue weighted by Gasteiger charge is -2.26. The minimum absolute atomic E-state index is 0.251. The number of ether oxygens (including phenoxy) is 1. The van der Waals surface area contributed by atoms with Gasteiger partial charge in [-0.15, -0.1) is 0 Å². The number of nitrogens with one attached hydrogen (secondary N) is 1. The zero-order valence-corrected chi connectivity index (χ0v) is 14.4. The predicted octanol–water partition coefficient (Wildman–Crippen LogP) is 3.67. The Bertz CT molecular complexity index is 672. The molecule has 0 aromatic heterocycles. The van der Waals surface area contributed by atoms with Crippen LogP contribution in [0.15, 0.2) is 42.5 Å². The third-order valence-corrected chi connectivity index (χ3v) is 4.65. The Morgan fingerprint density at radius 2 is 2.04 bits per heavy atom. The first-order valence-corrected chi connectivity index (χ1v) is 8.39. The van der Waals surface area contributed by atoms with Crippen LogP contribution < -0.4 is 10.1 Å². The topological polar surface area (TPSA) is 24.5 Å². The summed E-state index contributed by atoms with van der Waals surface area (Å²) < 4.78 is 5.56. The molecule has 0 aliphatic carbocycles. The molecular formula is C19H23ClN2O. The zero-order valence-electron chi connectivity index (χ0n) is 13.7. The van der Waals surface area contributed by atoms with Crippen LogP contribution >= 0.6 is 11.6 Å². The second kappa shape index (κ2) is 7.35. The van der Waals surface area contributed by atoms with E-state index in [0.29, 0.717) is 0 Å². The first-order chi connectivity index (χ1) is 11.1.